The van der Waals surface area contributed by atoms with Gasteiger partial charge in [-0.25, -0.2) is 4.98 Å². The van der Waals surface area contributed by atoms with Crippen LogP contribution < -0.4 is 4.90 Å². The van der Waals surface area contributed by atoms with Crippen LogP contribution in [0.25, 0.3) is 0 Å². The van der Waals surface area contributed by atoms with Crippen molar-refractivity contribution >= 4 is 33.3 Å². The first-order valence-corrected chi connectivity index (χ1v) is 7.47. The van der Waals surface area contributed by atoms with E-state index in [1.807, 2.05) is 12.3 Å². The predicted molar refractivity (Wildman–Crippen MR) is 76.8 cm³/mol. The van der Waals surface area contributed by atoms with Gasteiger partial charge in [0.1, 0.15) is 5.82 Å². The third kappa shape index (κ3) is 3.14. The molecule has 1 aliphatic heterocycles. The van der Waals surface area contributed by atoms with Gasteiger partial charge in [-0.1, -0.05) is 24.9 Å². The van der Waals surface area contributed by atoms with Gasteiger partial charge in [-0.3, -0.25) is 0 Å². The third-order valence-corrected chi connectivity index (χ3v) is 4.02. The van der Waals surface area contributed by atoms with Gasteiger partial charge in [0.05, 0.1) is 5.02 Å². The molecule has 1 fully saturated rings. The van der Waals surface area contributed by atoms with Gasteiger partial charge in [0.25, 0.3) is 0 Å². The molecule has 2 heterocycles. The van der Waals surface area contributed by atoms with Gasteiger partial charge >= 0.3 is 0 Å². The van der Waals surface area contributed by atoms with E-state index in [9.17, 15) is 0 Å². The SMILES string of the molecule is CCCC1CCCCN1c1ncc(Br)cc1Cl. The molecule has 0 spiro atoms. The fraction of sp³-hybridized carbons (Fsp3) is 0.615. The van der Waals surface area contributed by atoms with E-state index in [0.29, 0.717) is 6.04 Å². The van der Waals surface area contributed by atoms with Crippen molar-refractivity contribution in [3.63, 3.8) is 0 Å². The van der Waals surface area contributed by atoms with E-state index in [2.05, 4.69) is 32.7 Å². The average molecular weight is 318 g/mol. The molecular formula is C13H18BrClN2. The van der Waals surface area contributed by atoms with Crippen molar-refractivity contribution in [3.8, 4) is 0 Å². The summed E-state index contributed by atoms with van der Waals surface area (Å²) in [6, 6.07) is 2.54. The Kier molecular flexibility index (Phi) is 4.69. The quantitative estimate of drug-likeness (QED) is 0.806. The molecule has 0 aliphatic carbocycles. The van der Waals surface area contributed by atoms with Crippen molar-refractivity contribution < 1.29 is 0 Å². The Balaban J connectivity index is 2.23. The molecule has 94 valence electrons. The second-order valence-corrected chi connectivity index (χ2v) is 5.91. The zero-order valence-corrected chi connectivity index (χ0v) is 12.5. The molecule has 1 atom stereocenters. The maximum absolute atomic E-state index is 6.29. The Morgan fingerprint density at radius 3 is 3.06 bits per heavy atom. The molecule has 1 aliphatic rings. The number of nitrogens with zero attached hydrogens (tertiary/aromatic N) is 2. The highest BCUT2D eigenvalue weighted by Crippen LogP contribution is 2.32. The van der Waals surface area contributed by atoms with Crippen LogP contribution in [-0.2, 0) is 0 Å². The maximum atomic E-state index is 6.29. The van der Waals surface area contributed by atoms with Crippen molar-refractivity contribution in [1.82, 2.24) is 4.98 Å². The maximum Gasteiger partial charge on any atom is 0.147 e. The molecule has 0 N–H and O–H groups in total. The lowest BCUT2D eigenvalue weighted by atomic mass is 9.98. The summed E-state index contributed by atoms with van der Waals surface area (Å²) in [4.78, 5) is 6.87. The second-order valence-electron chi connectivity index (χ2n) is 4.59. The molecule has 1 aromatic heterocycles. The smallest absolute Gasteiger partial charge is 0.147 e. The molecule has 0 saturated carbocycles. The second kappa shape index (κ2) is 6.05. The highest BCUT2D eigenvalue weighted by atomic mass is 79.9. The Hall–Kier alpha value is -0.280. The molecule has 0 amide bonds. The van der Waals surface area contributed by atoms with Gasteiger partial charge in [0.15, 0.2) is 0 Å². The Bertz CT molecular complexity index is 382. The molecule has 2 rings (SSSR count). The highest BCUT2D eigenvalue weighted by Gasteiger charge is 2.24. The van der Waals surface area contributed by atoms with Crippen LogP contribution in [0.3, 0.4) is 0 Å². The Morgan fingerprint density at radius 2 is 2.35 bits per heavy atom. The third-order valence-electron chi connectivity index (χ3n) is 3.31. The molecule has 0 bridgehead atoms. The van der Waals surface area contributed by atoms with E-state index in [-0.39, 0.29) is 0 Å². The molecule has 1 saturated heterocycles. The van der Waals surface area contributed by atoms with Crippen LogP contribution in [0.5, 0.6) is 0 Å². The number of hydrogen-bond donors (Lipinski definition) is 0. The summed E-state index contributed by atoms with van der Waals surface area (Å²) in [5, 5.41) is 0.752. The summed E-state index contributed by atoms with van der Waals surface area (Å²) < 4.78 is 0.940. The summed E-state index contributed by atoms with van der Waals surface area (Å²) in [5.74, 6) is 0.952. The van der Waals surface area contributed by atoms with Gasteiger partial charge in [0.2, 0.25) is 0 Å². The van der Waals surface area contributed by atoms with Crippen molar-refractivity contribution in [2.45, 2.75) is 45.1 Å². The average Bonchev–Trinajstić information content (AvgIpc) is 2.31. The van der Waals surface area contributed by atoms with Crippen LogP contribution in [-0.4, -0.2) is 17.6 Å². The molecular weight excluding hydrogens is 300 g/mol. The first-order valence-electron chi connectivity index (χ1n) is 6.30. The van der Waals surface area contributed by atoms with Crippen LogP contribution in [0.15, 0.2) is 16.7 Å². The van der Waals surface area contributed by atoms with E-state index in [0.717, 1.165) is 21.9 Å². The topological polar surface area (TPSA) is 16.1 Å². The zero-order valence-electron chi connectivity index (χ0n) is 10.1. The number of rotatable bonds is 3. The fourth-order valence-corrected chi connectivity index (χ4v) is 3.27. The lowest BCUT2D eigenvalue weighted by Gasteiger charge is -2.37. The molecule has 17 heavy (non-hydrogen) atoms. The lowest BCUT2D eigenvalue weighted by molar-refractivity contribution is 0.432. The molecule has 1 unspecified atom stereocenters. The molecule has 0 radical (unpaired) electrons. The summed E-state index contributed by atoms with van der Waals surface area (Å²) in [5.41, 5.74) is 0. The van der Waals surface area contributed by atoms with Gasteiger partial charge in [-0.2, -0.15) is 0 Å². The minimum absolute atomic E-state index is 0.611. The number of halogens is 2. The van der Waals surface area contributed by atoms with Gasteiger partial charge in [0, 0.05) is 23.3 Å². The number of piperidine rings is 1. The Morgan fingerprint density at radius 1 is 1.53 bits per heavy atom. The van der Waals surface area contributed by atoms with Gasteiger partial charge in [-0.15, -0.1) is 0 Å². The van der Waals surface area contributed by atoms with Crippen molar-refractivity contribution in [2.75, 3.05) is 11.4 Å². The fourth-order valence-electron chi connectivity index (χ4n) is 2.53. The van der Waals surface area contributed by atoms with Crippen LogP contribution in [0.2, 0.25) is 5.02 Å². The highest BCUT2D eigenvalue weighted by molar-refractivity contribution is 9.10. The summed E-state index contributed by atoms with van der Waals surface area (Å²) in [6.07, 6.45) is 8.12. The van der Waals surface area contributed by atoms with Crippen molar-refractivity contribution in [1.29, 1.82) is 0 Å². The molecule has 0 aromatic carbocycles. The first kappa shape index (κ1) is 13.2. The standard InChI is InChI=1S/C13H18BrClN2/c1-2-5-11-6-3-4-7-17(11)13-12(15)8-10(14)9-16-13/h8-9,11H,2-7H2,1H3. The summed E-state index contributed by atoms with van der Waals surface area (Å²) in [7, 11) is 0. The van der Waals surface area contributed by atoms with E-state index in [4.69, 9.17) is 11.6 Å². The predicted octanol–water partition coefficient (Wildman–Crippen LogP) is 4.66. The molecule has 4 heteroatoms. The number of anilines is 1. The van der Waals surface area contributed by atoms with Crippen LogP contribution in [0, 0.1) is 0 Å². The zero-order chi connectivity index (χ0) is 12.3. The van der Waals surface area contributed by atoms with Crippen LogP contribution in [0.1, 0.15) is 39.0 Å². The van der Waals surface area contributed by atoms with E-state index < -0.39 is 0 Å². The summed E-state index contributed by atoms with van der Waals surface area (Å²) >= 11 is 9.69. The minimum atomic E-state index is 0.611. The van der Waals surface area contributed by atoms with Crippen molar-refractivity contribution in [3.05, 3.63) is 21.8 Å². The summed E-state index contributed by atoms with van der Waals surface area (Å²) in [6.45, 7) is 3.32. The number of pyridine rings is 1. The van der Waals surface area contributed by atoms with Crippen molar-refractivity contribution in [2.24, 2.45) is 0 Å². The molecule has 2 nitrogen and oxygen atoms in total. The van der Waals surface area contributed by atoms with E-state index in [1.54, 1.807) is 0 Å². The Labute approximate surface area is 116 Å². The monoisotopic (exact) mass is 316 g/mol. The van der Waals surface area contributed by atoms with Gasteiger partial charge in [-0.05, 0) is 47.7 Å². The lowest BCUT2D eigenvalue weighted by Crippen LogP contribution is -2.40. The minimum Gasteiger partial charge on any atom is -0.352 e. The van der Waals surface area contributed by atoms with Crippen LogP contribution >= 0.6 is 27.5 Å². The number of aromatic nitrogens is 1. The molecule has 1 aromatic rings. The normalized spacial score (nSPS) is 20.6. The van der Waals surface area contributed by atoms with E-state index in [1.165, 1.54) is 32.1 Å². The van der Waals surface area contributed by atoms with E-state index >= 15 is 0 Å². The first-order chi connectivity index (χ1) is 8.22. The largest absolute Gasteiger partial charge is 0.352 e. The number of hydrogen-bond acceptors (Lipinski definition) is 2. The van der Waals surface area contributed by atoms with Gasteiger partial charge < -0.3 is 4.90 Å². The van der Waals surface area contributed by atoms with Crippen LogP contribution in [0.4, 0.5) is 5.82 Å².